The zero-order valence-corrected chi connectivity index (χ0v) is 11.7. The summed E-state index contributed by atoms with van der Waals surface area (Å²) in [6, 6.07) is 13.0. The normalized spacial score (nSPS) is 10.5. The first-order chi connectivity index (χ1) is 10.3. The third kappa shape index (κ3) is 2.86. The van der Waals surface area contributed by atoms with Gasteiger partial charge in [-0.1, -0.05) is 6.07 Å². The highest BCUT2D eigenvalue weighted by atomic mass is 16.2. The Morgan fingerprint density at radius 2 is 2.10 bits per heavy atom. The number of anilines is 2. The molecule has 3 aromatic rings. The zero-order valence-electron chi connectivity index (χ0n) is 11.7. The minimum Gasteiger partial charge on any atom is -0.348 e. The van der Waals surface area contributed by atoms with Gasteiger partial charge in [0, 0.05) is 35.5 Å². The van der Waals surface area contributed by atoms with E-state index in [-0.39, 0.29) is 6.03 Å². The lowest BCUT2D eigenvalue weighted by molar-refractivity contribution is 0.262. The summed E-state index contributed by atoms with van der Waals surface area (Å²) in [7, 11) is 0. The lowest BCUT2D eigenvalue weighted by atomic mass is 10.2. The highest BCUT2D eigenvalue weighted by molar-refractivity contribution is 6.00. The summed E-state index contributed by atoms with van der Waals surface area (Å²) in [5, 5.41) is 6.60. The van der Waals surface area contributed by atoms with Crippen molar-refractivity contribution in [3.8, 4) is 0 Å². The van der Waals surface area contributed by atoms with Gasteiger partial charge in [0.15, 0.2) is 0 Å². The smallest absolute Gasteiger partial charge is 0.324 e. The van der Waals surface area contributed by atoms with Gasteiger partial charge in [0.1, 0.15) is 5.82 Å². The van der Waals surface area contributed by atoms with Gasteiger partial charge in [-0.3, -0.25) is 5.32 Å². The number of benzene rings is 1. The van der Waals surface area contributed by atoms with Crippen molar-refractivity contribution in [3.05, 3.63) is 54.9 Å². The van der Waals surface area contributed by atoms with Crippen molar-refractivity contribution in [3.63, 3.8) is 0 Å². The van der Waals surface area contributed by atoms with Crippen molar-refractivity contribution in [2.24, 2.45) is 0 Å². The van der Waals surface area contributed by atoms with Crippen LogP contribution in [-0.4, -0.2) is 15.6 Å². The molecule has 21 heavy (non-hydrogen) atoms. The van der Waals surface area contributed by atoms with E-state index in [4.69, 9.17) is 0 Å². The average molecular weight is 280 g/mol. The Hall–Kier alpha value is -2.82. The number of aryl methyl sites for hydroxylation is 1. The van der Waals surface area contributed by atoms with Crippen LogP contribution in [-0.2, 0) is 6.54 Å². The van der Waals surface area contributed by atoms with Crippen molar-refractivity contribution in [2.75, 3.05) is 10.6 Å². The Balaban J connectivity index is 1.74. The molecule has 0 aliphatic rings. The molecule has 5 heteroatoms. The number of urea groups is 1. The third-order valence-corrected chi connectivity index (χ3v) is 3.28. The second kappa shape index (κ2) is 5.66. The summed E-state index contributed by atoms with van der Waals surface area (Å²) in [4.78, 5) is 16.0. The van der Waals surface area contributed by atoms with Crippen LogP contribution < -0.4 is 10.6 Å². The molecule has 0 aliphatic carbocycles. The second-order valence-corrected chi connectivity index (χ2v) is 4.67. The maximum absolute atomic E-state index is 11.9. The standard InChI is InChI=1S/C16H16N4O/c1-2-20-10-8-12-11-13(6-7-14(12)20)18-16(21)19-15-5-3-4-9-17-15/h3-11H,2H2,1H3,(H2,17,18,19,21). The van der Waals surface area contributed by atoms with Crippen LogP contribution in [0.4, 0.5) is 16.3 Å². The van der Waals surface area contributed by atoms with Crippen LogP contribution in [0.2, 0.25) is 0 Å². The fourth-order valence-corrected chi connectivity index (χ4v) is 2.27. The molecular formula is C16H16N4O. The van der Waals surface area contributed by atoms with E-state index in [1.54, 1.807) is 18.3 Å². The molecule has 0 saturated heterocycles. The van der Waals surface area contributed by atoms with Gasteiger partial charge in [-0.25, -0.2) is 9.78 Å². The fraction of sp³-hybridized carbons (Fsp3) is 0.125. The van der Waals surface area contributed by atoms with Crippen molar-refractivity contribution in [2.45, 2.75) is 13.5 Å². The number of carbonyl (C=O) groups is 1. The Morgan fingerprint density at radius 1 is 1.19 bits per heavy atom. The van der Waals surface area contributed by atoms with E-state index < -0.39 is 0 Å². The largest absolute Gasteiger partial charge is 0.348 e. The first-order valence-corrected chi connectivity index (χ1v) is 6.84. The number of amides is 2. The average Bonchev–Trinajstić information content (AvgIpc) is 2.90. The quantitative estimate of drug-likeness (QED) is 0.768. The zero-order chi connectivity index (χ0) is 14.7. The number of pyridine rings is 1. The molecule has 0 fully saturated rings. The molecule has 0 aliphatic heterocycles. The summed E-state index contributed by atoms with van der Waals surface area (Å²) in [6.07, 6.45) is 3.68. The molecule has 2 aromatic heterocycles. The lowest BCUT2D eigenvalue weighted by Crippen LogP contribution is -2.19. The molecule has 0 radical (unpaired) electrons. The minimum atomic E-state index is -0.303. The first kappa shape index (κ1) is 13.2. The number of fused-ring (bicyclic) bond motifs is 1. The minimum absolute atomic E-state index is 0.303. The highest BCUT2D eigenvalue weighted by Crippen LogP contribution is 2.20. The topological polar surface area (TPSA) is 59.0 Å². The number of nitrogens with zero attached hydrogens (tertiary/aromatic N) is 2. The first-order valence-electron chi connectivity index (χ1n) is 6.84. The molecule has 2 N–H and O–H groups in total. The highest BCUT2D eigenvalue weighted by Gasteiger charge is 2.05. The summed E-state index contributed by atoms with van der Waals surface area (Å²) in [5.41, 5.74) is 1.91. The molecule has 0 spiro atoms. The Labute approximate surface area is 122 Å². The predicted molar refractivity (Wildman–Crippen MR) is 84.5 cm³/mol. The molecule has 1 aromatic carbocycles. The summed E-state index contributed by atoms with van der Waals surface area (Å²) in [6.45, 7) is 3.03. The monoisotopic (exact) mass is 280 g/mol. The van der Waals surface area contributed by atoms with Gasteiger partial charge in [-0.15, -0.1) is 0 Å². The van der Waals surface area contributed by atoms with Gasteiger partial charge < -0.3 is 9.88 Å². The van der Waals surface area contributed by atoms with Crippen LogP contribution in [0.5, 0.6) is 0 Å². The molecule has 2 heterocycles. The molecule has 5 nitrogen and oxygen atoms in total. The second-order valence-electron chi connectivity index (χ2n) is 4.67. The molecule has 106 valence electrons. The van der Waals surface area contributed by atoms with E-state index in [9.17, 15) is 4.79 Å². The van der Waals surface area contributed by atoms with Crippen LogP contribution in [0.1, 0.15) is 6.92 Å². The Kier molecular flexibility index (Phi) is 3.55. The lowest BCUT2D eigenvalue weighted by Gasteiger charge is -2.07. The number of rotatable bonds is 3. The maximum Gasteiger partial charge on any atom is 0.324 e. The van der Waals surface area contributed by atoms with Gasteiger partial charge in [0.2, 0.25) is 0 Å². The van der Waals surface area contributed by atoms with Crippen LogP contribution in [0.25, 0.3) is 10.9 Å². The van der Waals surface area contributed by atoms with Crippen LogP contribution >= 0.6 is 0 Å². The van der Waals surface area contributed by atoms with Gasteiger partial charge in [-0.2, -0.15) is 0 Å². The number of hydrogen-bond acceptors (Lipinski definition) is 2. The van der Waals surface area contributed by atoms with E-state index in [2.05, 4.69) is 27.1 Å². The molecule has 2 amide bonds. The van der Waals surface area contributed by atoms with E-state index >= 15 is 0 Å². The summed E-state index contributed by atoms with van der Waals surface area (Å²) < 4.78 is 2.16. The van der Waals surface area contributed by atoms with Crippen molar-refractivity contribution in [1.29, 1.82) is 0 Å². The molecule has 3 rings (SSSR count). The molecule has 0 bridgehead atoms. The third-order valence-electron chi connectivity index (χ3n) is 3.28. The van der Waals surface area contributed by atoms with E-state index in [0.717, 1.165) is 23.1 Å². The number of carbonyl (C=O) groups excluding carboxylic acids is 1. The van der Waals surface area contributed by atoms with Crippen molar-refractivity contribution >= 4 is 28.4 Å². The summed E-state index contributed by atoms with van der Waals surface area (Å²) >= 11 is 0. The molecular weight excluding hydrogens is 264 g/mol. The van der Waals surface area contributed by atoms with Crippen LogP contribution in [0, 0.1) is 0 Å². The van der Waals surface area contributed by atoms with Gasteiger partial charge >= 0.3 is 6.03 Å². The van der Waals surface area contributed by atoms with E-state index in [0.29, 0.717) is 5.82 Å². The van der Waals surface area contributed by atoms with Crippen molar-refractivity contribution < 1.29 is 4.79 Å². The SMILES string of the molecule is CCn1ccc2cc(NC(=O)Nc3ccccn3)ccc21. The Morgan fingerprint density at radius 3 is 2.86 bits per heavy atom. The molecule has 0 atom stereocenters. The fourth-order valence-electron chi connectivity index (χ4n) is 2.27. The summed E-state index contributed by atoms with van der Waals surface area (Å²) in [5.74, 6) is 0.521. The van der Waals surface area contributed by atoms with E-state index in [1.165, 1.54) is 0 Å². The number of hydrogen-bond donors (Lipinski definition) is 2. The van der Waals surface area contributed by atoms with Crippen molar-refractivity contribution in [1.82, 2.24) is 9.55 Å². The van der Waals surface area contributed by atoms with E-state index in [1.807, 2.05) is 36.5 Å². The number of nitrogens with one attached hydrogen (secondary N) is 2. The maximum atomic E-state index is 11.9. The van der Waals surface area contributed by atoms with Gasteiger partial charge in [0.25, 0.3) is 0 Å². The Bertz CT molecular complexity index is 764. The molecule has 0 unspecified atom stereocenters. The van der Waals surface area contributed by atoms with Crippen LogP contribution in [0.15, 0.2) is 54.9 Å². The van der Waals surface area contributed by atoms with Gasteiger partial charge in [0.05, 0.1) is 0 Å². The number of aromatic nitrogens is 2. The predicted octanol–water partition coefficient (Wildman–Crippen LogP) is 3.70. The van der Waals surface area contributed by atoms with Crippen LogP contribution in [0.3, 0.4) is 0 Å². The van der Waals surface area contributed by atoms with Gasteiger partial charge in [-0.05, 0) is 43.3 Å². The molecule has 0 saturated carbocycles.